The standard InChI is InChI=1S/C13H9N2O/c1-2-6-12-10(5-1)11(9-16-12)15-13-7-3-4-8-14-13/h1-2,4-9H,(H,14,15). The molecule has 1 radical (unpaired) electrons. The predicted octanol–water partition coefficient (Wildman–Crippen LogP) is 3.37. The van der Waals surface area contributed by atoms with Gasteiger partial charge >= 0.3 is 0 Å². The molecule has 0 saturated carbocycles. The van der Waals surface area contributed by atoms with Gasteiger partial charge in [-0.2, -0.15) is 0 Å². The third-order valence-corrected chi connectivity index (χ3v) is 2.35. The summed E-state index contributed by atoms with van der Waals surface area (Å²) in [6.45, 7) is 0. The summed E-state index contributed by atoms with van der Waals surface area (Å²) >= 11 is 0. The van der Waals surface area contributed by atoms with Crippen LogP contribution in [0.1, 0.15) is 0 Å². The summed E-state index contributed by atoms with van der Waals surface area (Å²) in [6, 6.07) is 14.4. The number of anilines is 2. The molecule has 1 N–H and O–H groups in total. The topological polar surface area (TPSA) is 38.1 Å². The number of para-hydroxylation sites is 1. The van der Waals surface area contributed by atoms with Gasteiger partial charge in [-0.1, -0.05) is 12.1 Å². The number of pyridine rings is 1. The predicted molar refractivity (Wildman–Crippen MR) is 62.6 cm³/mol. The van der Waals surface area contributed by atoms with Crippen LogP contribution in [-0.2, 0) is 0 Å². The summed E-state index contributed by atoms with van der Waals surface area (Å²) in [5, 5.41) is 4.24. The zero-order chi connectivity index (χ0) is 10.8. The first kappa shape index (κ1) is 8.97. The van der Waals surface area contributed by atoms with Crippen LogP contribution in [0.5, 0.6) is 0 Å². The van der Waals surface area contributed by atoms with Crippen molar-refractivity contribution in [3.8, 4) is 0 Å². The van der Waals surface area contributed by atoms with Crippen LogP contribution in [0.15, 0.2) is 53.3 Å². The van der Waals surface area contributed by atoms with Crippen molar-refractivity contribution < 1.29 is 4.42 Å². The summed E-state index contributed by atoms with van der Waals surface area (Å²) in [6.07, 6.45) is 3.39. The average molecular weight is 209 g/mol. The minimum atomic E-state index is 0.758. The molecule has 3 nitrogen and oxygen atoms in total. The van der Waals surface area contributed by atoms with E-state index in [1.54, 1.807) is 24.6 Å². The molecule has 0 atom stereocenters. The second kappa shape index (κ2) is 3.70. The molecule has 0 bridgehead atoms. The van der Waals surface area contributed by atoms with Crippen LogP contribution in [0.25, 0.3) is 11.0 Å². The first-order valence-corrected chi connectivity index (χ1v) is 4.99. The molecule has 0 unspecified atom stereocenters. The Morgan fingerprint density at radius 3 is 3.06 bits per heavy atom. The first-order chi connectivity index (χ1) is 7.93. The number of hydrogen-bond acceptors (Lipinski definition) is 3. The van der Waals surface area contributed by atoms with Crippen molar-refractivity contribution >= 4 is 22.5 Å². The maximum absolute atomic E-state index is 5.42. The highest BCUT2D eigenvalue weighted by Gasteiger charge is 2.04. The number of benzene rings is 1. The Balaban J connectivity index is 2.01. The van der Waals surface area contributed by atoms with Crippen molar-refractivity contribution in [1.82, 2.24) is 4.98 Å². The van der Waals surface area contributed by atoms with E-state index in [0.29, 0.717) is 0 Å². The Morgan fingerprint density at radius 1 is 1.25 bits per heavy atom. The van der Waals surface area contributed by atoms with Gasteiger partial charge in [0.2, 0.25) is 0 Å². The molecular formula is C13H9N2O. The van der Waals surface area contributed by atoms with Crippen LogP contribution in [0, 0.1) is 6.07 Å². The molecule has 16 heavy (non-hydrogen) atoms. The van der Waals surface area contributed by atoms with Crippen molar-refractivity contribution in [2.24, 2.45) is 0 Å². The summed E-state index contributed by atoms with van der Waals surface area (Å²) in [7, 11) is 0. The van der Waals surface area contributed by atoms with Crippen LogP contribution in [0.2, 0.25) is 0 Å². The fourth-order valence-corrected chi connectivity index (χ4v) is 1.61. The molecule has 0 aliphatic rings. The summed E-state index contributed by atoms with van der Waals surface area (Å²) in [5.74, 6) is 0.758. The van der Waals surface area contributed by atoms with E-state index in [2.05, 4.69) is 16.4 Å². The van der Waals surface area contributed by atoms with Crippen LogP contribution < -0.4 is 5.32 Å². The Morgan fingerprint density at radius 2 is 2.19 bits per heavy atom. The highest BCUT2D eigenvalue weighted by Crippen LogP contribution is 2.27. The fraction of sp³-hybridized carbons (Fsp3) is 0. The van der Waals surface area contributed by atoms with Crippen LogP contribution in [0.4, 0.5) is 11.5 Å². The monoisotopic (exact) mass is 209 g/mol. The van der Waals surface area contributed by atoms with E-state index in [0.717, 1.165) is 22.5 Å². The molecule has 0 amide bonds. The number of rotatable bonds is 2. The lowest BCUT2D eigenvalue weighted by Crippen LogP contribution is -1.90. The average Bonchev–Trinajstić information content (AvgIpc) is 2.74. The van der Waals surface area contributed by atoms with Gasteiger partial charge in [0.15, 0.2) is 0 Å². The highest BCUT2D eigenvalue weighted by atomic mass is 16.3. The molecule has 0 saturated heterocycles. The Hall–Kier alpha value is -2.29. The van der Waals surface area contributed by atoms with E-state index in [1.807, 2.05) is 24.3 Å². The molecule has 77 valence electrons. The third-order valence-electron chi connectivity index (χ3n) is 2.35. The van der Waals surface area contributed by atoms with E-state index in [4.69, 9.17) is 4.42 Å². The fourth-order valence-electron chi connectivity index (χ4n) is 1.61. The lowest BCUT2D eigenvalue weighted by atomic mass is 10.2. The number of aromatic nitrogens is 1. The van der Waals surface area contributed by atoms with Crippen LogP contribution in [0.3, 0.4) is 0 Å². The molecule has 3 aromatic rings. The van der Waals surface area contributed by atoms with Gasteiger partial charge in [-0.3, -0.25) is 0 Å². The summed E-state index contributed by atoms with van der Waals surface area (Å²) in [5.41, 5.74) is 1.78. The van der Waals surface area contributed by atoms with Gasteiger partial charge in [-0.15, -0.1) is 0 Å². The number of hydrogen-bond donors (Lipinski definition) is 1. The molecule has 0 aliphatic carbocycles. The molecule has 0 spiro atoms. The Kier molecular flexibility index (Phi) is 2.07. The van der Waals surface area contributed by atoms with Crippen molar-refractivity contribution in [1.29, 1.82) is 0 Å². The molecular weight excluding hydrogens is 200 g/mol. The minimum absolute atomic E-state index is 0.758. The van der Waals surface area contributed by atoms with Crippen LogP contribution >= 0.6 is 0 Å². The number of fused-ring (bicyclic) bond motifs is 1. The minimum Gasteiger partial charge on any atom is -0.462 e. The van der Waals surface area contributed by atoms with E-state index in [1.165, 1.54) is 0 Å². The zero-order valence-corrected chi connectivity index (χ0v) is 8.47. The lowest BCUT2D eigenvalue weighted by Gasteiger charge is -2.01. The molecule has 2 aromatic heterocycles. The van der Waals surface area contributed by atoms with Gasteiger partial charge in [0, 0.05) is 11.6 Å². The number of furan rings is 1. The van der Waals surface area contributed by atoms with Gasteiger partial charge in [0.05, 0.1) is 5.69 Å². The first-order valence-electron chi connectivity index (χ1n) is 4.99. The SMILES string of the molecule is [c]1ccnc(Nc2coc3ccccc23)c1. The second-order valence-corrected chi connectivity index (χ2v) is 3.41. The summed E-state index contributed by atoms with van der Waals surface area (Å²) < 4.78 is 5.42. The zero-order valence-electron chi connectivity index (χ0n) is 8.47. The van der Waals surface area contributed by atoms with Crippen LogP contribution in [-0.4, -0.2) is 4.98 Å². The van der Waals surface area contributed by atoms with Gasteiger partial charge in [0.25, 0.3) is 0 Å². The smallest absolute Gasteiger partial charge is 0.136 e. The van der Waals surface area contributed by atoms with E-state index < -0.39 is 0 Å². The maximum atomic E-state index is 5.42. The van der Waals surface area contributed by atoms with Gasteiger partial charge in [-0.05, 0) is 30.3 Å². The van der Waals surface area contributed by atoms with Crippen molar-refractivity contribution in [3.63, 3.8) is 0 Å². The molecule has 3 heteroatoms. The van der Waals surface area contributed by atoms with E-state index >= 15 is 0 Å². The Labute approximate surface area is 92.7 Å². The molecule has 0 aliphatic heterocycles. The largest absolute Gasteiger partial charge is 0.462 e. The normalized spacial score (nSPS) is 10.5. The van der Waals surface area contributed by atoms with E-state index in [-0.39, 0.29) is 0 Å². The molecule has 1 aromatic carbocycles. The van der Waals surface area contributed by atoms with Gasteiger partial charge in [0.1, 0.15) is 17.7 Å². The van der Waals surface area contributed by atoms with Crippen molar-refractivity contribution in [3.05, 3.63) is 54.9 Å². The van der Waals surface area contributed by atoms with Gasteiger partial charge < -0.3 is 9.73 Å². The van der Waals surface area contributed by atoms with Gasteiger partial charge in [-0.25, -0.2) is 4.98 Å². The number of nitrogens with one attached hydrogen (secondary N) is 1. The second-order valence-electron chi connectivity index (χ2n) is 3.41. The van der Waals surface area contributed by atoms with Crippen molar-refractivity contribution in [2.75, 3.05) is 5.32 Å². The summed E-state index contributed by atoms with van der Waals surface area (Å²) in [4.78, 5) is 4.18. The molecule has 2 heterocycles. The number of nitrogens with zero attached hydrogens (tertiary/aromatic N) is 1. The lowest BCUT2D eigenvalue weighted by molar-refractivity contribution is 0.617. The highest BCUT2D eigenvalue weighted by molar-refractivity contribution is 5.91. The third kappa shape index (κ3) is 1.52. The quantitative estimate of drug-likeness (QED) is 0.703. The molecule has 0 fully saturated rings. The Bertz CT molecular complexity index is 601. The molecule has 3 rings (SSSR count). The van der Waals surface area contributed by atoms with E-state index in [9.17, 15) is 0 Å². The van der Waals surface area contributed by atoms with Crippen molar-refractivity contribution in [2.45, 2.75) is 0 Å². The maximum Gasteiger partial charge on any atom is 0.136 e.